The van der Waals surface area contributed by atoms with Crippen LogP contribution < -0.4 is 11.1 Å². The summed E-state index contributed by atoms with van der Waals surface area (Å²) in [5.74, 6) is -5.22. The molecular weight excluding hydrogens is 269 g/mol. The van der Waals surface area contributed by atoms with Crippen LogP contribution in [0.2, 0.25) is 0 Å². The van der Waals surface area contributed by atoms with Crippen molar-refractivity contribution in [2.24, 2.45) is 11.1 Å². The van der Waals surface area contributed by atoms with Gasteiger partial charge in [0.1, 0.15) is 0 Å². The van der Waals surface area contributed by atoms with E-state index in [0.29, 0.717) is 6.54 Å². The molecule has 20 heavy (non-hydrogen) atoms. The van der Waals surface area contributed by atoms with Gasteiger partial charge in [-0.15, -0.1) is 0 Å². The molecule has 1 rings (SSSR count). The molecule has 0 atom stereocenters. The van der Waals surface area contributed by atoms with E-state index in [-0.39, 0.29) is 12.0 Å². The molecule has 0 saturated carbocycles. The molecule has 0 spiro atoms. The number of hydrogen-bond acceptors (Lipinski definition) is 2. The van der Waals surface area contributed by atoms with Crippen molar-refractivity contribution in [3.8, 4) is 0 Å². The first kappa shape index (κ1) is 16.5. The van der Waals surface area contributed by atoms with E-state index < -0.39 is 28.9 Å². The minimum atomic E-state index is -1.64. The second-order valence-corrected chi connectivity index (χ2v) is 4.82. The Balaban J connectivity index is 2.85. The van der Waals surface area contributed by atoms with Gasteiger partial charge >= 0.3 is 0 Å². The zero-order chi connectivity index (χ0) is 15.3. The standard InChI is InChI=1S/C14H19F3N2O/c1-3-14(4-2,7-18)8-19-13(20)9-5-6-10(15)12(17)11(9)16/h5-6H,3-4,7-8,18H2,1-2H3,(H,19,20). The molecule has 3 nitrogen and oxygen atoms in total. The van der Waals surface area contributed by atoms with Crippen LogP contribution in [0.25, 0.3) is 0 Å². The van der Waals surface area contributed by atoms with Gasteiger partial charge in [-0.3, -0.25) is 4.79 Å². The summed E-state index contributed by atoms with van der Waals surface area (Å²) in [4.78, 5) is 11.8. The van der Waals surface area contributed by atoms with Crippen LogP contribution in [0, 0.1) is 22.9 Å². The first-order valence-electron chi connectivity index (χ1n) is 6.52. The van der Waals surface area contributed by atoms with Gasteiger partial charge in [0.25, 0.3) is 5.91 Å². The highest BCUT2D eigenvalue weighted by atomic mass is 19.2. The Kier molecular flexibility index (Phi) is 5.56. The summed E-state index contributed by atoms with van der Waals surface area (Å²) in [6, 6.07) is 1.65. The van der Waals surface area contributed by atoms with Crippen LogP contribution in [0.1, 0.15) is 37.0 Å². The van der Waals surface area contributed by atoms with E-state index in [1.165, 1.54) is 0 Å². The maximum Gasteiger partial charge on any atom is 0.254 e. The van der Waals surface area contributed by atoms with E-state index in [2.05, 4.69) is 5.32 Å². The van der Waals surface area contributed by atoms with Crippen molar-refractivity contribution in [2.45, 2.75) is 26.7 Å². The molecule has 1 amide bonds. The summed E-state index contributed by atoms with van der Waals surface area (Å²) in [6.07, 6.45) is 1.50. The number of nitrogens with two attached hydrogens (primary N) is 1. The molecule has 3 N–H and O–H groups in total. The van der Waals surface area contributed by atoms with Gasteiger partial charge in [-0.2, -0.15) is 0 Å². The quantitative estimate of drug-likeness (QED) is 0.791. The van der Waals surface area contributed by atoms with E-state index >= 15 is 0 Å². The Labute approximate surface area is 116 Å². The molecule has 1 aromatic carbocycles. The number of benzene rings is 1. The maximum atomic E-state index is 13.5. The second kappa shape index (κ2) is 6.74. The average molecular weight is 288 g/mol. The van der Waals surface area contributed by atoms with E-state index in [1.54, 1.807) is 0 Å². The molecule has 0 aliphatic heterocycles. The van der Waals surface area contributed by atoms with Crippen molar-refractivity contribution in [2.75, 3.05) is 13.1 Å². The van der Waals surface area contributed by atoms with Crippen molar-refractivity contribution in [1.82, 2.24) is 5.32 Å². The molecule has 0 heterocycles. The molecule has 1 aromatic rings. The van der Waals surface area contributed by atoms with Crippen LogP contribution in [0.4, 0.5) is 13.2 Å². The minimum absolute atomic E-state index is 0.258. The lowest BCUT2D eigenvalue weighted by Gasteiger charge is -2.30. The summed E-state index contributed by atoms with van der Waals surface area (Å²) in [5, 5.41) is 2.53. The van der Waals surface area contributed by atoms with E-state index in [9.17, 15) is 18.0 Å². The highest BCUT2D eigenvalue weighted by molar-refractivity contribution is 5.94. The normalized spacial score (nSPS) is 11.5. The fourth-order valence-electron chi connectivity index (χ4n) is 1.93. The first-order valence-corrected chi connectivity index (χ1v) is 6.52. The van der Waals surface area contributed by atoms with Gasteiger partial charge in [-0.1, -0.05) is 13.8 Å². The molecule has 0 bridgehead atoms. The van der Waals surface area contributed by atoms with Crippen LogP contribution >= 0.6 is 0 Å². The Morgan fingerprint density at radius 1 is 1.20 bits per heavy atom. The van der Waals surface area contributed by atoms with Gasteiger partial charge in [-0.05, 0) is 36.9 Å². The van der Waals surface area contributed by atoms with Crippen LogP contribution in [-0.2, 0) is 0 Å². The van der Waals surface area contributed by atoms with Gasteiger partial charge < -0.3 is 11.1 Å². The predicted octanol–water partition coefficient (Wildman–Crippen LogP) is 2.60. The van der Waals surface area contributed by atoms with Gasteiger partial charge in [0.2, 0.25) is 0 Å². The fraction of sp³-hybridized carbons (Fsp3) is 0.500. The molecule has 112 valence electrons. The molecular formula is C14H19F3N2O. The lowest BCUT2D eigenvalue weighted by Crippen LogP contribution is -2.42. The zero-order valence-corrected chi connectivity index (χ0v) is 11.6. The number of halogens is 3. The van der Waals surface area contributed by atoms with Crippen LogP contribution in [0.5, 0.6) is 0 Å². The van der Waals surface area contributed by atoms with Crippen molar-refractivity contribution >= 4 is 5.91 Å². The van der Waals surface area contributed by atoms with Crippen LogP contribution in [0.3, 0.4) is 0 Å². The number of hydrogen-bond donors (Lipinski definition) is 2. The Bertz CT molecular complexity index is 479. The summed E-state index contributed by atoms with van der Waals surface area (Å²) in [5.41, 5.74) is 4.91. The predicted molar refractivity (Wildman–Crippen MR) is 70.7 cm³/mol. The zero-order valence-electron chi connectivity index (χ0n) is 11.6. The third-order valence-corrected chi connectivity index (χ3v) is 3.84. The molecule has 0 aromatic heterocycles. The Morgan fingerprint density at radius 2 is 1.80 bits per heavy atom. The SMILES string of the molecule is CCC(CC)(CN)CNC(=O)c1ccc(F)c(F)c1F. The summed E-state index contributed by atoms with van der Waals surface area (Å²) in [6.45, 7) is 4.52. The van der Waals surface area contributed by atoms with Gasteiger partial charge in [0, 0.05) is 6.54 Å². The maximum absolute atomic E-state index is 13.5. The Hall–Kier alpha value is -1.56. The van der Waals surface area contributed by atoms with Crippen molar-refractivity contribution < 1.29 is 18.0 Å². The van der Waals surface area contributed by atoms with Crippen molar-refractivity contribution in [1.29, 1.82) is 0 Å². The molecule has 0 radical (unpaired) electrons. The highest BCUT2D eigenvalue weighted by Gasteiger charge is 2.26. The summed E-state index contributed by atoms with van der Waals surface area (Å²) in [7, 11) is 0. The largest absolute Gasteiger partial charge is 0.351 e. The van der Waals surface area contributed by atoms with Crippen LogP contribution in [0.15, 0.2) is 12.1 Å². The number of carbonyl (C=O) groups excluding carboxylic acids is 1. The molecule has 6 heteroatoms. The molecule has 0 aliphatic carbocycles. The molecule has 0 aliphatic rings. The van der Waals surface area contributed by atoms with Gasteiger partial charge in [0.15, 0.2) is 17.5 Å². The number of nitrogens with one attached hydrogen (secondary N) is 1. The number of carbonyl (C=O) groups is 1. The van der Waals surface area contributed by atoms with E-state index in [1.807, 2.05) is 13.8 Å². The van der Waals surface area contributed by atoms with Gasteiger partial charge in [0.05, 0.1) is 5.56 Å². The highest BCUT2D eigenvalue weighted by Crippen LogP contribution is 2.24. The third-order valence-electron chi connectivity index (χ3n) is 3.84. The number of rotatable bonds is 6. The minimum Gasteiger partial charge on any atom is -0.351 e. The lowest BCUT2D eigenvalue weighted by atomic mass is 9.82. The summed E-state index contributed by atoms with van der Waals surface area (Å²) < 4.78 is 39.4. The Morgan fingerprint density at radius 3 is 2.30 bits per heavy atom. The van der Waals surface area contributed by atoms with E-state index in [0.717, 1.165) is 25.0 Å². The van der Waals surface area contributed by atoms with Gasteiger partial charge in [-0.25, -0.2) is 13.2 Å². The van der Waals surface area contributed by atoms with Crippen molar-refractivity contribution in [3.05, 3.63) is 35.1 Å². The second-order valence-electron chi connectivity index (χ2n) is 4.82. The van der Waals surface area contributed by atoms with Crippen LogP contribution in [-0.4, -0.2) is 19.0 Å². The fourth-order valence-corrected chi connectivity index (χ4v) is 1.93. The molecule has 0 unspecified atom stereocenters. The topological polar surface area (TPSA) is 55.1 Å². The molecule has 0 saturated heterocycles. The number of amides is 1. The third kappa shape index (κ3) is 3.30. The average Bonchev–Trinajstić information content (AvgIpc) is 2.47. The first-order chi connectivity index (χ1) is 9.40. The monoisotopic (exact) mass is 288 g/mol. The molecule has 0 fully saturated rings. The van der Waals surface area contributed by atoms with Crippen molar-refractivity contribution in [3.63, 3.8) is 0 Å². The lowest BCUT2D eigenvalue weighted by molar-refractivity contribution is 0.0922. The smallest absolute Gasteiger partial charge is 0.254 e. The van der Waals surface area contributed by atoms with E-state index in [4.69, 9.17) is 5.73 Å². The summed E-state index contributed by atoms with van der Waals surface area (Å²) >= 11 is 0.